The number of ether oxygens (including phenoxy) is 1. The summed E-state index contributed by atoms with van der Waals surface area (Å²) in [5.41, 5.74) is 3.85. The Bertz CT molecular complexity index is 422. The first kappa shape index (κ1) is 14.4. The summed E-state index contributed by atoms with van der Waals surface area (Å²) < 4.78 is 6.10. The fraction of sp³-hybridized carbons (Fsp3) is 0.647. The van der Waals surface area contributed by atoms with Gasteiger partial charge in [0.2, 0.25) is 0 Å². The molecule has 0 aliphatic heterocycles. The Labute approximate surface area is 117 Å². The monoisotopic (exact) mass is 261 g/mol. The Hall–Kier alpha value is -1.02. The maximum atomic E-state index is 6.10. The maximum Gasteiger partial charge on any atom is 0.123 e. The van der Waals surface area contributed by atoms with Crippen molar-refractivity contribution < 1.29 is 4.74 Å². The zero-order valence-electron chi connectivity index (χ0n) is 12.8. The molecule has 1 aliphatic carbocycles. The molecule has 1 atom stereocenters. The van der Waals surface area contributed by atoms with E-state index < -0.39 is 0 Å². The predicted octanol–water partition coefficient (Wildman–Crippen LogP) is 3.91. The van der Waals surface area contributed by atoms with Crippen LogP contribution in [0.4, 0.5) is 0 Å². The van der Waals surface area contributed by atoms with Gasteiger partial charge in [0.1, 0.15) is 11.9 Å². The first-order valence-corrected chi connectivity index (χ1v) is 7.54. The summed E-state index contributed by atoms with van der Waals surface area (Å²) in [5, 5.41) is 3.63. The minimum absolute atomic E-state index is 0.223. The van der Waals surface area contributed by atoms with Crippen molar-refractivity contribution in [2.24, 2.45) is 0 Å². The van der Waals surface area contributed by atoms with Gasteiger partial charge < -0.3 is 10.1 Å². The highest BCUT2D eigenvalue weighted by atomic mass is 16.5. The summed E-state index contributed by atoms with van der Waals surface area (Å²) in [6.45, 7) is 9.51. The molecular weight excluding hydrogens is 234 g/mol. The molecule has 1 aromatic carbocycles. The third-order valence-electron chi connectivity index (χ3n) is 4.14. The van der Waals surface area contributed by atoms with E-state index >= 15 is 0 Å². The second kappa shape index (κ2) is 6.42. The van der Waals surface area contributed by atoms with E-state index in [0.717, 1.165) is 12.3 Å². The SMILES string of the molecule is Cc1cc(C)c(C)c(OC(C)CNC2CCCC2)c1. The number of benzene rings is 1. The highest BCUT2D eigenvalue weighted by Crippen LogP contribution is 2.24. The van der Waals surface area contributed by atoms with Gasteiger partial charge in [-0.15, -0.1) is 0 Å². The van der Waals surface area contributed by atoms with Gasteiger partial charge in [-0.05, 0) is 63.3 Å². The summed E-state index contributed by atoms with van der Waals surface area (Å²) in [6.07, 6.45) is 5.64. The van der Waals surface area contributed by atoms with Crippen LogP contribution in [0.5, 0.6) is 5.75 Å². The van der Waals surface area contributed by atoms with Crippen molar-refractivity contribution >= 4 is 0 Å². The molecule has 2 heteroatoms. The molecule has 1 N–H and O–H groups in total. The lowest BCUT2D eigenvalue weighted by molar-refractivity contribution is 0.210. The molecule has 1 fully saturated rings. The topological polar surface area (TPSA) is 21.3 Å². The molecule has 1 unspecified atom stereocenters. The van der Waals surface area contributed by atoms with Crippen LogP contribution in [0.1, 0.15) is 49.3 Å². The van der Waals surface area contributed by atoms with Crippen molar-refractivity contribution in [3.63, 3.8) is 0 Å². The van der Waals surface area contributed by atoms with E-state index in [1.54, 1.807) is 0 Å². The second-order valence-corrected chi connectivity index (χ2v) is 6.02. The van der Waals surface area contributed by atoms with Crippen LogP contribution in [0, 0.1) is 20.8 Å². The number of hydrogen-bond donors (Lipinski definition) is 1. The molecule has 2 rings (SSSR count). The van der Waals surface area contributed by atoms with Crippen molar-refractivity contribution in [2.45, 2.75) is 65.5 Å². The van der Waals surface area contributed by atoms with Crippen LogP contribution in [-0.4, -0.2) is 18.7 Å². The van der Waals surface area contributed by atoms with E-state index in [1.165, 1.54) is 42.4 Å². The lowest BCUT2D eigenvalue weighted by Crippen LogP contribution is -2.35. The Morgan fingerprint density at radius 1 is 1.21 bits per heavy atom. The van der Waals surface area contributed by atoms with Gasteiger partial charge in [0, 0.05) is 12.6 Å². The van der Waals surface area contributed by atoms with E-state index in [9.17, 15) is 0 Å². The molecule has 0 saturated heterocycles. The quantitative estimate of drug-likeness (QED) is 0.867. The van der Waals surface area contributed by atoms with Crippen molar-refractivity contribution in [1.29, 1.82) is 0 Å². The van der Waals surface area contributed by atoms with Gasteiger partial charge in [-0.2, -0.15) is 0 Å². The summed E-state index contributed by atoms with van der Waals surface area (Å²) in [5.74, 6) is 1.04. The standard InChI is InChI=1S/C17H27NO/c1-12-9-13(2)15(4)17(10-12)19-14(3)11-18-16-7-5-6-8-16/h9-10,14,16,18H,5-8,11H2,1-4H3. The second-order valence-electron chi connectivity index (χ2n) is 6.02. The zero-order valence-corrected chi connectivity index (χ0v) is 12.8. The molecule has 2 nitrogen and oxygen atoms in total. The highest BCUT2D eigenvalue weighted by Gasteiger charge is 2.16. The Morgan fingerprint density at radius 3 is 2.58 bits per heavy atom. The van der Waals surface area contributed by atoms with Gasteiger partial charge >= 0.3 is 0 Å². The molecule has 1 saturated carbocycles. The van der Waals surface area contributed by atoms with Gasteiger partial charge in [-0.25, -0.2) is 0 Å². The number of rotatable bonds is 5. The van der Waals surface area contributed by atoms with E-state index in [2.05, 4.69) is 45.1 Å². The molecule has 0 spiro atoms. The van der Waals surface area contributed by atoms with Crippen LogP contribution in [0.3, 0.4) is 0 Å². The fourth-order valence-corrected chi connectivity index (χ4v) is 2.84. The Balaban J connectivity index is 1.89. The van der Waals surface area contributed by atoms with Crippen LogP contribution in [0.2, 0.25) is 0 Å². The molecule has 0 amide bonds. The average Bonchev–Trinajstić information content (AvgIpc) is 2.86. The normalized spacial score (nSPS) is 17.7. The Morgan fingerprint density at radius 2 is 1.89 bits per heavy atom. The third-order valence-corrected chi connectivity index (χ3v) is 4.14. The summed E-state index contributed by atoms with van der Waals surface area (Å²) in [4.78, 5) is 0. The van der Waals surface area contributed by atoms with Gasteiger partial charge in [0.15, 0.2) is 0 Å². The molecule has 0 aromatic heterocycles. The summed E-state index contributed by atoms with van der Waals surface area (Å²) in [7, 11) is 0. The van der Waals surface area contributed by atoms with Crippen molar-refractivity contribution in [3.8, 4) is 5.75 Å². The van der Waals surface area contributed by atoms with Crippen LogP contribution < -0.4 is 10.1 Å². The molecule has 19 heavy (non-hydrogen) atoms. The third kappa shape index (κ3) is 3.97. The van der Waals surface area contributed by atoms with Gasteiger partial charge in [-0.1, -0.05) is 18.9 Å². The number of aryl methyl sites for hydroxylation is 2. The van der Waals surface area contributed by atoms with Gasteiger partial charge in [0.25, 0.3) is 0 Å². The average molecular weight is 261 g/mol. The first-order valence-electron chi connectivity index (χ1n) is 7.54. The summed E-state index contributed by atoms with van der Waals surface area (Å²) in [6, 6.07) is 5.07. The molecule has 1 aromatic rings. The van der Waals surface area contributed by atoms with Crippen LogP contribution >= 0.6 is 0 Å². The first-order chi connectivity index (χ1) is 9.06. The van der Waals surface area contributed by atoms with Gasteiger partial charge in [-0.3, -0.25) is 0 Å². The lowest BCUT2D eigenvalue weighted by Gasteiger charge is -2.20. The molecular formula is C17H27NO. The smallest absolute Gasteiger partial charge is 0.123 e. The lowest BCUT2D eigenvalue weighted by atomic mass is 10.1. The van der Waals surface area contributed by atoms with E-state index in [1.807, 2.05) is 0 Å². The molecule has 0 heterocycles. The Kier molecular flexibility index (Phi) is 4.87. The predicted molar refractivity (Wildman–Crippen MR) is 81.0 cm³/mol. The van der Waals surface area contributed by atoms with Crippen molar-refractivity contribution in [3.05, 3.63) is 28.8 Å². The maximum absolute atomic E-state index is 6.10. The largest absolute Gasteiger partial charge is 0.489 e. The van der Waals surface area contributed by atoms with E-state index in [4.69, 9.17) is 4.74 Å². The molecule has 0 radical (unpaired) electrons. The number of nitrogens with one attached hydrogen (secondary N) is 1. The van der Waals surface area contributed by atoms with Crippen molar-refractivity contribution in [2.75, 3.05) is 6.54 Å². The summed E-state index contributed by atoms with van der Waals surface area (Å²) >= 11 is 0. The van der Waals surface area contributed by atoms with Crippen LogP contribution in [0.25, 0.3) is 0 Å². The minimum atomic E-state index is 0.223. The van der Waals surface area contributed by atoms with E-state index in [-0.39, 0.29) is 6.10 Å². The van der Waals surface area contributed by atoms with E-state index in [0.29, 0.717) is 6.04 Å². The fourth-order valence-electron chi connectivity index (χ4n) is 2.84. The minimum Gasteiger partial charge on any atom is -0.489 e. The highest BCUT2D eigenvalue weighted by molar-refractivity contribution is 5.42. The van der Waals surface area contributed by atoms with Crippen LogP contribution in [-0.2, 0) is 0 Å². The van der Waals surface area contributed by atoms with Gasteiger partial charge in [0.05, 0.1) is 0 Å². The van der Waals surface area contributed by atoms with Crippen LogP contribution in [0.15, 0.2) is 12.1 Å². The zero-order chi connectivity index (χ0) is 13.8. The molecule has 1 aliphatic rings. The molecule has 106 valence electrons. The molecule has 0 bridgehead atoms. The van der Waals surface area contributed by atoms with Crippen molar-refractivity contribution in [1.82, 2.24) is 5.32 Å². The number of hydrogen-bond acceptors (Lipinski definition) is 2.